The monoisotopic (exact) mass is 342 g/mol. The van der Waals surface area contributed by atoms with Crippen LogP contribution < -0.4 is 0 Å². The average Bonchev–Trinajstić information content (AvgIpc) is 3.22. The summed E-state index contributed by atoms with van der Waals surface area (Å²) in [5.41, 5.74) is 2.05. The molecule has 0 spiro atoms. The predicted octanol–water partition coefficient (Wildman–Crippen LogP) is 2.71. The number of nitrogens with zero attached hydrogens (tertiary/aromatic N) is 4. The fourth-order valence-electron chi connectivity index (χ4n) is 3.12. The van der Waals surface area contributed by atoms with Gasteiger partial charge >= 0.3 is 0 Å². The molecule has 3 aromatic heterocycles. The standard InChI is InChI=1S/C17H18N4O2S/c1-11-9-20(10-12(2)23-11)17(22)13-8-16-18-6-5-14(21(16)19-13)15-4-3-7-24-15/h3-8,11-12H,9-10H2,1-2H3/t11-,12+. The maximum atomic E-state index is 12.8. The van der Waals surface area contributed by atoms with Crippen molar-refractivity contribution >= 4 is 22.9 Å². The number of ether oxygens (including phenoxy) is 1. The summed E-state index contributed by atoms with van der Waals surface area (Å²) in [5, 5.41) is 6.54. The zero-order chi connectivity index (χ0) is 16.7. The number of hydrogen-bond acceptors (Lipinski definition) is 5. The maximum absolute atomic E-state index is 12.8. The van der Waals surface area contributed by atoms with Gasteiger partial charge in [-0.3, -0.25) is 4.79 Å². The van der Waals surface area contributed by atoms with Crippen molar-refractivity contribution < 1.29 is 9.53 Å². The number of thiophene rings is 1. The molecule has 4 rings (SSSR count). The minimum Gasteiger partial charge on any atom is -0.372 e. The van der Waals surface area contributed by atoms with Crippen molar-refractivity contribution in [2.75, 3.05) is 13.1 Å². The summed E-state index contributed by atoms with van der Waals surface area (Å²) in [6.45, 7) is 5.14. The summed E-state index contributed by atoms with van der Waals surface area (Å²) in [5.74, 6) is -0.0698. The Hall–Kier alpha value is -2.25. The second-order valence-electron chi connectivity index (χ2n) is 6.07. The number of aromatic nitrogens is 3. The van der Waals surface area contributed by atoms with E-state index in [-0.39, 0.29) is 18.1 Å². The molecule has 3 aromatic rings. The molecule has 0 saturated carbocycles. The fourth-order valence-corrected chi connectivity index (χ4v) is 3.85. The summed E-state index contributed by atoms with van der Waals surface area (Å²) >= 11 is 1.64. The second kappa shape index (κ2) is 5.99. The summed E-state index contributed by atoms with van der Waals surface area (Å²) in [6, 6.07) is 7.70. The van der Waals surface area contributed by atoms with Crippen LogP contribution in [0.5, 0.6) is 0 Å². The molecule has 24 heavy (non-hydrogen) atoms. The van der Waals surface area contributed by atoms with Crippen molar-refractivity contribution in [2.45, 2.75) is 26.1 Å². The van der Waals surface area contributed by atoms with Crippen molar-refractivity contribution in [2.24, 2.45) is 0 Å². The molecule has 1 aliphatic heterocycles. The molecule has 2 atom stereocenters. The van der Waals surface area contributed by atoms with E-state index in [1.807, 2.05) is 42.3 Å². The van der Waals surface area contributed by atoms with E-state index >= 15 is 0 Å². The van der Waals surface area contributed by atoms with E-state index in [0.717, 1.165) is 10.6 Å². The molecule has 0 radical (unpaired) electrons. The van der Waals surface area contributed by atoms with Crippen molar-refractivity contribution in [3.63, 3.8) is 0 Å². The zero-order valence-electron chi connectivity index (χ0n) is 13.5. The maximum Gasteiger partial charge on any atom is 0.274 e. The summed E-state index contributed by atoms with van der Waals surface area (Å²) < 4.78 is 7.44. The predicted molar refractivity (Wildman–Crippen MR) is 92.2 cm³/mol. The molecule has 124 valence electrons. The first-order valence-electron chi connectivity index (χ1n) is 7.95. The van der Waals surface area contributed by atoms with Crippen LogP contribution >= 0.6 is 11.3 Å². The lowest BCUT2D eigenvalue weighted by molar-refractivity contribution is -0.0587. The van der Waals surface area contributed by atoms with E-state index in [4.69, 9.17) is 4.74 Å². The molecule has 0 aliphatic carbocycles. The molecule has 0 aromatic carbocycles. The normalized spacial score (nSPS) is 21.3. The highest BCUT2D eigenvalue weighted by Gasteiger charge is 2.28. The highest BCUT2D eigenvalue weighted by Crippen LogP contribution is 2.25. The van der Waals surface area contributed by atoms with Gasteiger partial charge in [0.1, 0.15) is 0 Å². The average molecular weight is 342 g/mol. The SMILES string of the molecule is C[C@@H]1CN(C(=O)c2cc3nccc(-c4cccs4)n3n2)C[C@H](C)O1. The molecular weight excluding hydrogens is 324 g/mol. The van der Waals surface area contributed by atoms with Gasteiger partial charge in [0.05, 0.1) is 22.8 Å². The topological polar surface area (TPSA) is 59.7 Å². The Morgan fingerprint density at radius 3 is 2.79 bits per heavy atom. The molecular formula is C17H18N4O2S. The highest BCUT2D eigenvalue weighted by atomic mass is 32.1. The Morgan fingerprint density at radius 1 is 1.29 bits per heavy atom. The van der Waals surface area contributed by atoms with E-state index in [0.29, 0.717) is 24.4 Å². The van der Waals surface area contributed by atoms with Gasteiger partial charge in [-0.2, -0.15) is 5.10 Å². The summed E-state index contributed by atoms with van der Waals surface area (Å²) in [6.07, 6.45) is 1.82. The number of rotatable bonds is 2. The molecule has 7 heteroatoms. The van der Waals surface area contributed by atoms with Gasteiger partial charge in [-0.05, 0) is 31.4 Å². The Balaban J connectivity index is 1.70. The number of carbonyl (C=O) groups excluding carboxylic acids is 1. The van der Waals surface area contributed by atoms with Crippen LogP contribution in [0.4, 0.5) is 0 Å². The van der Waals surface area contributed by atoms with Crippen LogP contribution in [0.2, 0.25) is 0 Å². The lowest BCUT2D eigenvalue weighted by Gasteiger charge is -2.34. The van der Waals surface area contributed by atoms with Gasteiger partial charge in [0.25, 0.3) is 5.91 Å². The summed E-state index contributed by atoms with van der Waals surface area (Å²) in [4.78, 5) is 20.1. The molecule has 0 unspecified atom stereocenters. The molecule has 6 nitrogen and oxygen atoms in total. The van der Waals surface area contributed by atoms with Gasteiger partial charge in [-0.1, -0.05) is 6.07 Å². The Morgan fingerprint density at radius 2 is 2.08 bits per heavy atom. The van der Waals surface area contributed by atoms with Crippen LogP contribution in [0, 0.1) is 0 Å². The number of fused-ring (bicyclic) bond motifs is 1. The first-order valence-corrected chi connectivity index (χ1v) is 8.83. The molecule has 1 amide bonds. The Labute approximate surface area is 143 Å². The van der Waals surface area contributed by atoms with Crippen LogP contribution in [-0.4, -0.2) is 50.7 Å². The van der Waals surface area contributed by atoms with Crippen molar-refractivity contribution in [3.8, 4) is 10.6 Å². The van der Waals surface area contributed by atoms with Gasteiger partial charge in [0.2, 0.25) is 0 Å². The minimum absolute atomic E-state index is 0.0366. The first kappa shape index (κ1) is 15.3. The molecule has 1 fully saturated rings. The number of hydrogen-bond donors (Lipinski definition) is 0. The van der Waals surface area contributed by atoms with E-state index in [1.54, 1.807) is 28.1 Å². The lowest BCUT2D eigenvalue weighted by Crippen LogP contribution is -2.48. The molecule has 4 heterocycles. The van der Waals surface area contributed by atoms with Gasteiger partial charge < -0.3 is 9.64 Å². The number of carbonyl (C=O) groups is 1. The van der Waals surface area contributed by atoms with Gasteiger partial charge in [0.15, 0.2) is 11.3 Å². The van der Waals surface area contributed by atoms with E-state index in [1.165, 1.54) is 0 Å². The second-order valence-corrected chi connectivity index (χ2v) is 7.02. The van der Waals surface area contributed by atoms with Crippen LogP contribution in [0.3, 0.4) is 0 Å². The molecule has 1 saturated heterocycles. The van der Waals surface area contributed by atoms with Gasteiger partial charge in [-0.25, -0.2) is 9.50 Å². The molecule has 1 aliphatic rings. The molecule has 0 bridgehead atoms. The van der Waals surface area contributed by atoms with E-state index in [9.17, 15) is 4.79 Å². The highest BCUT2D eigenvalue weighted by molar-refractivity contribution is 7.13. The third-order valence-corrected chi connectivity index (χ3v) is 4.95. The van der Waals surface area contributed by atoms with E-state index < -0.39 is 0 Å². The van der Waals surface area contributed by atoms with Crippen LogP contribution in [-0.2, 0) is 4.74 Å². The van der Waals surface area contributed by atoms with Crippen LogP contribution in [0.25, 0.3) is 16.2 Å². The van der Waals surface area contributed by atoms with Crippen molar-refractivity contribution in [3.05, 3.63) is 41.5 Å². The number of morpholine rings is 1. The quantitative estimate of drug-likeness (QED) is 0.718. The lowest BCUT2D eigenvalue weighted by atomic mass is 10.2. The third kappa shape index (κ3) is 2.70. The van der Waals surface area contributed by atoms with Crippen molar-refractivity contribution in [1.82, 2.24) is 19.5 Å². The van der Waals surface area contributed by atoms with E-state index in [2.05, 4.69) is 10.1 Å². The fraction of sp³-hybridized carbons (Fsp3) is 0.353. The smallest absolute Gasteiger partial charge is 0.274 e. The molecule has 0 N–H and O–H groups in total. The summed E-state index contributed by atoms with van der Waals surface area (Å²) in [7, 11) is 0. The zero-order valence-corrected chi connectivity index (χ0v) is 14.4. The van der Waals surface area contributed by atoms with Crippen LogP contribution in [0.15, 0.2) is 35.8 Å². The van der Waals surface area contributed by atoms with Crippen LogP contribution in [0.1, 0.15) is 24.3 Å². The minimum atomic E-state index is -0.0698. The first-order chi connectivity index (χ1) is 11.6. The Bertz CT molecular complexity index is 864. The van der Waals surface area contributed by atoms with Crippen molar-refractivity contribution in [1.29, 1.82) is 0 Å². The number of amides is 1. The third-order valence-electron chi connectivity index (χ3n) is 4.06. The van der Waals surface area contributed by atoms with Gasteiger partial charge in [-0.15, -0.1) is 11.3 Å². The Kier molecular flexibility index (Phi) is 3.82. The largest absolute Gasteiger partial charge is 0.372 e. The van der Waals surface area contributed by atoms with Gasteiger partial charge in [0, 0.05) is 25.4 Å².